The van der Waals surface area contributed by atoms with E-state index in [1.165, 1.54) is 0 Å². The second-order valence-electron chi connectivity index (χ2n) is 6.69. The molecule has 3 heterocycles. The lowest BCUT2D eigenvalue weighted by Crippen LogP contribution is -2.33. The molecule has 1 amide bonds. The first-order chi connectivity index (χ1) is 12.5. The normalized spacial score (nSPS) is 17.2. The first-order valence-electron chi connectivity index (χ1n) is 8.75. The third kappa shape index (κ3) is 2.79. The van der Waals surface area contributed by atoms with Gasteiger partial charge in [-0.1, -0.05) is 17.3 Å². The number of fused-ring (bicyclic) bond motifs is 1. The zero-order valence-electron chi connectivity index (χ0n) is 14.8. The molecule has 1 saturated heterocycles. The Balaban J connectivity index is 1.64. The smallest absolute Gasteiger partial charge is 0.258 e. The summed E-state index contributed by atoms with van der Waals surface area (Å²) in [7, 11) is 0. The Hall–Kier alpha value is -2.96. The number of benzene rings is 1. The molecule has 1 atom stereocenters. The molecule has 1 aliphatic rings. The summed E-state index contributed by atoms with van der Waals surface area (Å²) in [5, 5.41) is 4.47. The van der Waals surface area contributed by atoms with Crippen molar-refractivity contribution in [1.29, 1.82) is 0 Å². The summed E-state index contributed by atoms with van der Waals surface area (Å²) in [6.07, 6.45) is 1.92. The van der Waals surface area contributed by atoms with Gasteiger partial charge in [0.25, 0.3) is 5.56 Å². The molecule has 1 aliphatic heterocycles. The molecule has 7 heteroatoms. The summed E-state index contributed by atoms with van der Waals surface area (Å²) in [4.78, 5) is 34.5. The van der Waals surface area contributed by atoms with Gasteiger partial charge in [0.2, 0.25) is 5.91 Å². The van der Waals surface area contributed by atoms with Crippen molar-refractivity contribution < 1.29 is 9.32 Å². The standard InChI is InChI=1S/C19H20N4O3/c1-11-14(12(2)26-22-11)10-17(24)23-9-5-8-16(23)18-20-15-7-4-3-6-13(15)19(25)21-18/h3-4,6-7,16H,5,8-10H2,1-2H3,(H,20,21,25). The topological polar surface area (TPSA) is 92.1 Å². The Labute approximate surface area is 150 Å². The Bertz CT molecular complexity index is 1020. The van der Waals surface area contributed by atoms with Crippen LogP contribution in [0.15, 0.2) is 33.6 Å². The molecule has 0 radical (unpaired) electrons. The van der Waals surface area contributed by atoms with Crippen LogP contribution in [0.3, 0.4) is 0 Å². The first-order valence-corrected chi connectivity index (χ1v) is 8.75. The molecule has 2 aromatic heterocycles. The minimum Gasteiger partial charge on any atom is -0.361 e. The maximum Gasteiger partial charge on any atom is 0.258 e. The highest BCUT2D eigenvalue weighted by Crippen LogP contribution is 2.31. The molecule has 0 bridgehead atoms. The number of carbonyl (C=O) groups is 1. The number of aryl methyl sites for hydroxylation is 2. The number of para-hydroxylation sites is 1. The van der Waals surface area contributed by atoms with Crippen molar-refractivity contribution in [2.24, 2.45) is 0 Å². The largest absolute Gasteiger partial charge is 0.361 e. The average molecular weight is 352 g/mol. The van der Waals surface area contributed by atoms with Crippen molar-refractivity contribution in [3.8, 4) is 0 Å². The number of aromatic nitrogens is 3. The predicted octanol–water partition coefficient (Wildman–Crippen LogP) is 2.43. The van der Waals surface area contributed by atoms with E-state index in [1.807, 2.05) is 32.0 Å². The molecule has 0 saturated carbocycles. The van der Waals surface area contributed by atoms with E-state index in [2.05, 4.69) is 15.1 Å². The van der Waals surface area contributed by atoms with Gasteiger partial charge in [-0.3, -0.25) is 9.59 Å². The van der Waals surface area contributed by atoms with Crippen LogP contribution in [0.4, 0.5) is 0 Å². The van der Waals surface area contributed by atoms with E-state index in [-0.39, 0.29) is 23.9 Å². The first kappa shape index (κ1) is 16.5. The zero-order valence-corrected chi connectivity index (χ0v) is 14.8. The van der Waals surface area contributed by atoms with Gasteiger partial charge in [0, 0.05) is 12.1 Å². The average Bonchev–Trinajstić information content (AvgIpc) is 3.24. The van der Waals surface area contributed by atoms with Gasteiger partial charge in [-0.25, -0.2) is 4.98 Å². The van der Waals surface area contributed by atoms with E-state index < -0.39 is 0 Å². The Morgan fingerprint density at radius 1 is 1.35 bits per heavy atom. The van der Waals surface area contributed by atoms with Crippen LogP contribution in [0.2, 0.25) is 0 Å². The van der Waals surface area contributed by atoms with Crippen molar-refractivity contribution in [2.75, 3.05) is 6.54 Å². The fourth-order valence-electron chi connectivity index (χ4n) is 3.62. The van der Waals surface area contributed by atoms with Crippen LogP contribution in [0.1, 0.15) is 41.7 Å². The molecule has 1 fully saturated rings. The van der Waals surface area contributed by atoms with Gasteiger partial charge in [0.05, 0.1) is 29.1 Å². The van der Waals surface area contributed by atoms with Gasteiger partial charge in [0.1, 0.15) is 11.6 Å². The summed E-state index contributed by atoms with van der Waals surface area (Å²) < 4.78 is 5.15. The number of rotatable bonds is 3. The van der Waals surface area contributed by atoms with E-state index in [1.54, 1.807) is 11.0 Å². The molecule has 0 spiro atoms. The van der Waals surface area contributed by atoms with E-state index in [0.29, 0.717) is 29.0 Å². The van der Waals surface area contributed by atoms with Gasteiger partial charge in [-0.2, -0.15) is 0 Å². The number of hydrogen-bond acceptors (Lipinski definition) is 5. The number of hydrogen-bond donors (Lipinski definition) is 1. The molecule has 1 N–H and O–H groups in total. The molecule has 7 nitrogen and oxygen atoms in total. The van der Waals surface area contributed by atoms with Crippen molar-refractivity contribution in [1.82, 2.24) is 20.0 Å². The number of H-pyrrole nitrogens is 1. The minimum absolute atomic E-state index is 0.00212. The van der Waals surface area contributed by atoms with Crippen LogP contribution < -0.4 is 5.56 Å². The Morgan fingerprint density at radius 3 is 2.92 bits per heavy atom. The molecule has 134 valence electrons. The van der Waals surface area contributed by atoms with Gasteiger partial charge in [-0.15, -0.1) is 0 Å². The lowest BCUT2D eigenvalue weighted by Gasteiger charge is -2.24. The molecular formula is C19H20N4O3. The van der Waals surface area contributed by atoms with Crippen LogP contribution in [-0.4, -0.2) is 32.5 Å². The number of amides is 1. The second-order valence-corrected chi connectivity index (χ2v) is 6.69. The fourth-order valence-corrected chi connectivity index (χ4v) is 3.62. The Kier molecular flexibility index (Phi) is 4.06. The van der Waals surface area contributed by atoms with Gasteiger partial charge in [0.15, 0.2) is 0 Å². The van der Waals surface area contributed by atoms with Gasteiger partial charge >= 0.3 is 0 Å². The summed E-state index contributed by atoms with van der Waals surface area (Å²) in [5.41, 5.74) is 2.05. The highest BCUT2D eigenvalue weighted by molar-refractivity contribution is 5.80. The molecule has 26 heavy (non-hydrogen) atoms. The van der Waals surface area contributed by atoms with Crippen LogP contribution in [0, 0.1) is 13.8 Å². The van der Waals surface area contributed by atoms with E-state index in [0.717, 1.165) is 24.1 Å². The van der Waals surface area contributed by atoms with Crippen LogP contribution in [-0.2, 0) is 11.2 Å². The van der Waals surface area contributed by atoms with Gasteiger partial charge < -0.3 is 14.4 Å². The summed E-state index contributed by atoms with van der Waals surface area (Å²) in [6, 6.07) is 7.03. The van der Waals surface area contributed by atoms with Gasteiger partial charge in [-0.05, 0) is 38.8 Å². The summed E-state index contributed by atoms with van der Waals surface area (Å²) in [5.74, 6) is 1.22. The monoisotopic (exact) mass is 352 g/mol. The van der Waals surface area contributed by atoms with Crippen LogP contribution >= 0.6 is 0 Å². The highest BCUT2D eigenvalue weighted by Gasteiger charge is 2.32. The van der Waals surface area contributed by atoms with E-state index in [4.69, 9.17) is 4.52 Å². The molecule has 1 aromatic carbocycles. The summed E-state index contributed by atoms with van der Waals surface area (Å²) >= 11 is 0. The molecular weight excluding hydrogens is 332 g/mol. The van der Waals surface area contributed by atoms with Crippen LogP contribution in [0.5, 0.6) is 0 Å². The van der Waals surface area contributed by atoms with E-state index in [9.17, 15) is 9.59 Å². The number of aromatic amines is 1. The SMILES string of the molecule is Cc1noc(C)c1CC(=O)N1CCCC1c1nc2ccccc2c(=O)[nH]1. The molecule has 4 rings (SSSR count). The lowest BCUT2D eigenvalue weighted by molar-refractivity contribution is -0.131. The van der Waals surface area contributed by atoms with Crippen molar-refractivity contribution in [3.05, 3.63) is 57.5 Å². The van der Waals surface area contributed by atoms with Crippen molar-refractivity contribution >= 4 is 16.8 Å². The number of likely N-dealkylation sites (tertiary alicyclic amines) is 1. The predicted molar refractivity (Wildman–Crippen MR) is 95.7 cm³/mol. The maximum absolute atomic E-state index is 12.9. The number of nitrogens with zero attached hydrogens (tertiary/aromatic N) is 3. The fraction of sp³-hybridized carbons (Fsp3) is 0.368. The molecule has 1 unspecified atom stereocenters. The van der Waals surface area contributed by atoms with Crippen molar-refractivity contribution in [2.45, 2.75) is 39.2 Å². The number of carbonyl (C=O) groups excluding carboxylic acids is 1. The highest BCUT2D eigenvalue weighted by atomic mass is 16.5. The van der Waals surface area contributed by atoms with Crippen molar-refractivity contribution in [3.63, 3.8) is 0 Å². The summed E-state index contributed by atoms with van der Waals surface area (Å²) in [6.45, 7) is 4.30. The number of nitrogens with one attached hydrogen (secondary N) is 1. The zero-order chi connectivity index (χ0) is 18.3. The van der Waals surface area contributed by atoms with E-state index >= 15 is 0 Å². The Morgan fingerprint density at radius 2 is 2.15 bits per heavy atom. The van der Waals surface area contributed by atoms with Crippen LogP contribution in [0.25, 0.3) is 10.9 Å². The maximum atomic E-state index is 12.9. The second kappa shape index (κ2) is 6.40. The third-order valence-corrected chi connectivity index (χ3v) is 5.03. The molecule has 0 aliphatic carbocycles. The minimum atomic E-state index is -0.208. The third-order valence-electron chi connectivity index (χ3n) is 5.03. The quantitative estimate of drug-likeness (QED) is 0.781. The lowest BCUT2D eigenvalue weighted by atomic mass is 10.1. The molecule has 3 aromatic rings.